The van der Waals surface area contributed by atoms with E-state index in [2.05, 4.69) is 4.74 Å². The molecule has 0 aliphatic carbocycles. The van der Waals surface area contributed by atoms with Crippen LogP contribution in [0.25, 0.3) is 0 Å². The third kappa shape index (κ3) is 3.47. The molecule has 0 saturated carbocycles. The van der Waals surface area contributed by atoms with Gasteiger partial charge in [-0.15, -0.1) is 13.2 Å². The molecule has 4 nitrogen and oxygen atoms in total. The second kappa shape index (κ2) is 5.52. The van der Waals surface area contributed by atoms with E-state index >= 15 is 0 Å². The highest BCUT2D eigenvalue weighted by Crippen LogP contribution is 2.35. The first-order valence-electron chi connectivity index (χ1n) is 4.88. The molecule has 0 aliphatic rings. The number of ether oxygens (including phenoxy) is 2. The molecule has 7 heteroatoms. The largest absolute Gasteiger partial charge is 0.573 e. The number of hydrogen-bond donors (Lipinski definition) is 0. The Morgan fingerprint density at radius 2 is 1.89 bits per heavy atom. The number of benzene rings is 1. The molecule has 98 valence electrons. The number of carbonyl (C=O) groups is 2. The van der Waals surface area contributed by atoms with Crippen LogP contribution in [0.2, 0.25) is 0 Å². The van der Waals surface area contributed by atoms with Crippen LogP contribution in [0.4, 0.5) is 13.2 Å². The fourth-order valence-electron chi connectivity index (χ4n) is 1.29. The smallest absolute Gasteiger partial charge is 0.490 e. The summed E-state index contributed by atoms with van der Waals surface area (Å²) in [6.07, 6.45) is -4.39. The molecular weight excluding hydrogens is 253 g/mol. The molecule has 0 aliphatic heterocycles. The molecule has 1 rings (SSSR count). The number of hydrogen-bond acceptors (Lipinski definition) is 4. The molecule has 0 heterocycles. The summed E-state index contributed by atoms with van der Waals surface area (Å²) in [5, 5.41) is 0. The van der Waals surface area contributed by atoms with Crippen LogP contribution in [-0.4, -0.2) is 25.5 Å². The van der Waals surface area contributed by atoms with Crippen molar-refractivity contribution < 1.29 is 32.2 Å². The van der Waals surface area contributed by atoms with Crippen LogP contribution in [-0.2, 0) is 0 Å². The van der Waals surface area contributed by atoms with Gasteiger partial charge in [-0.3, -0.25) is 9.59 Å². The minimum absolute atomic E-state index is 0.0232. The Labute approximate surface area is 100 Å². The first-order chi connectivity index (χ1) is 8.41. The molecular formula is C11H9F3O4. The highest BCUT2D eigenvalue weighted by molar-refractivity contribution is 5.87. The lowest BCUT2D eigenvalue weighted by Crippen LogP contribution is -2.19. The number of alkyl halides is 3. The van der Waals surface area contributed by atoms with Crippen molar-refractivity contribution in [2.24, 2.45) is 0 Å². The van der Waals surface area contributed by atoms with Crippen LogP contribution in [0.3, 0.4) is 0 Å². The van der Waals surface area contributed by atoms with Gasteiger partial charge in [0.25, 0.3) is 0 Å². The predicted molar refractivity (Wildman–Crippen MR) is 55.1 cm³/mol. The molecule has 0 saturated heterocycles. The van der Waals surface area contributed by atoms with Gasteiger partial charge in [0, 0.05) is 5.56 Å². The highest BCUT2D eigenvalue weighted by atomic mass is 19.4. The number of carbonyl (C=O) groups excluding carboxylic acids is 2. The summed E-state index contributed by atoms with van der Waals surface area (Å²) < 4.78 is 45.3. The van der Waals surface area contributed by atoms with Crippen LogP contribution in [0.1, 0.15) is 27.6 Å². The first kappa shape index (κ1) is 14.0. The molecule has 0 radical (unpaired) electrons. The molecule has 0 unspecified atom stereocenters. The average Bonchev–Trinajstić information content (AvgIpc) is 2.29. The summed E-state index contributed by atoms with van der Waals surface area (Å²) in [7, 11) is 0. The Morgan fingerprint density at radius 1 is 1.22 bits per heavy atom. The fraction of sp³-hybridized carbons (Fsp3) is 0.273. The lowest BCUT2D eigenvalue weighted by atomic mass is 10.1. The van der Waals surface area contributed by atoms with Gasteiger partial charge in [0.15, 0.2) is 17.8 Å². The van der Waals surface area contributed by atoms with Gasteiger partial charge in [0.05, 0.1) is 12.2 Å². The Kier molecular flexibility index (Phi) is 4.30. The summed E-state index contributed by atoms with van der Waals surface area (Å²) >= 11 is 0. The van der Waals surface area contributed by atoms with Crippen LogP contribution in [0.15, 0.2) is 12.1 Å². The Morgan fingerprint density at radius 3 is 2.33 bits per heavy atom. The van der Waals surface area contributed by atoms with Crippen molar-refractivity contribution in [3.05, 3.63) is 23.3 Å². The summed E-state index contributed by atoms with van der Waals surface area (Å²) in [6.45, 7) is 1.61. The predicted octanol–water partition coefficient (Wildman–Crippen LogP) is 2.61. The second-order valence-electron chi connectivity index (χ2n) is 3.15. The van der Waals surface area contributed by atoms with E-state index in [1.807, 2.05) is 0 Å². The van der Waals surface area contributed by atoms with E-state index < -0.39 is 17.7 Å². The van der Waals surface area contributed by atoms with E-state index in [-0.39, 0.29) is 24.2 Å². The quantitative estimate of drug-likeness (QED) is 0.765. The Balaban J connectivity index is 3.33. The number of halogens is 3. The molecule has 0 aromatic heterocycles. The number of rotatable bonds is 5. The monoisotopic (exact) mass is 262 g/mol. The van der Waals surface area contributed by atoms with Crippen molar-refractivity contribution in [1.82, 2.24) is 0 Å². The van der Waals surface area contributed by atoms with Gasteiger partial charge in [0.1, 0.15) is 6.29 Å². The van der Waals surface area contributed by atoms with E-state index in [9.17, 15) is 22.8 Å². The lowest BCUT2D eigenvalue weighted by Gasteiger charge is -2.15. The zero-order valence-electron chi connectivity index (χ0n) is 9.28. The van der Waals surface area contributed by atoms with E-state index in [1.54, 1.807) is 6.92 Å². The maximum Gasteiger partial charge on any atom is 0.573 e. The topological polar surface area (TPSA) is 52.6 Å². The Hall–Kier alpha value is -2.05. The van der Waals surface area contributed by atoms with Gasteiger partial charge in [-0.2, -0.15) is 0 Å². The second-order valence-corrected chi connectivity index (χ2v) is 3.15. The van der Waals surface area contributed by atoms with Gasteiger partial charge in [-0.1, -0.05) is 0 Å². The SMILES string of the molecule is CCOc1cc(C=O)cc(C=O)c1OC(F)(F)F. The molecule has 1 aromatic carbocycles. The fourth-order valence-corrected chi connectivity index (χ4v) is 1.29. The van der Waals surface area contributed by atoms with E-state index in [4.69, 9.17) is 4.74 Å². The minimum Gasteiger partial charge on any atom is -0.490 e. The zero-order valence-corrected chi connectivity index (χ0v) is 9.28. The van der Waals surface area contributed by atoms with Gasteiger partial charge < -0.3 is 9.47 Å². The summed E-state index contributed by atoms with van der Waals surface area (Å²) in [6, 6.07) is 2.06. The standard InChI is InChI=1S/C11H9F3O4/c1-2-17-9-4-7(5-15)3-8(6-16)10(9)18-11(12,13)14/h3-6H,2H2,1H3. The van der Waals surface area contributed by atoms with Crippen LogP contribution >= 0.6 is 0 Å². The third-order valence-electron chi connectivity index (χ3n) is 1.89. The number of aldehydes is 2. The van der Waals surface area contributed by atoms with Crippen molar-refractivity contribution in [2.75, 3.05) is 6.61 Å². The third-order valence-corrected chi connectivity index (χ3v) is 1.89. The normalized spacial score (nSPS) is 10.9. The van der Waals surface area contributed by atoms with Crippen molar-refractivity contribution in [3.8, 4) is 11.5 Å². The lowest BCUT2D eigenvalue weighted by molar-refractivity contribution is -0.275. The molecule has 0 bridgehead atoms. The molecule has 0 spiro atoms. The maximum absolute atomic E-state index is 12.2. The summed E-state index contributed by atoms with van der Waals surface area (Å²) in [5.74, 6) is -1.05. The van der Waals surface area contributed by atoms with Gasteiger partial charge >= 0.3 is 6.36 Å². The molecule has 0 N–H and O–H groups in total. The van der Waals surface area contributed by atoms with Crippen molar-refractivity contribution in [3.63, 3.8) is 0 Å². The summed E-state index contributed by atoms with van der Waals surface area (Å²) in [5.41, 5.74) is -0.379. The zero-order chi connectivity index (χ0) is 13.8. The van der Waals surface area contributed by atoms with Gasteiger partial charge in [0.2, 0.25) is 0 Å². The van der Waals surface area contributed by atoms with E-state index in [0.29, 0.717) is 6.29 Å². The molecule has 0 amide bonds. The van der Waals surface area contributed by atoms with Crippen LogP contribution in [0, 0.1) is 0 Å². The van der Waals surface area contributed by atoms with Gasteiger partial charge in [-0.05, 0) is 19.1 Å². The van der Waals surface area contributed by atoms with Crippen molar-refractivity contribution in [2.45, 2.75) is 13.3 Å². The highest BCUT2D eigenvalue weighted by Gasteiger charge is 2.34. The molecule has 18 heavy (non-hydrogen) atoms. The van der Waals surface area contributed by atoms with E-state index in [0.717, 1.165) is 12.1 Å². The molecule has 0 fully saturated rings. The maximum atomic E-state index is 12.2. The summed E-state index contributed by atoms with van der Waals surface area (Å²) in [4.78, 5) is 21.3. The van der Waals surface area contributed by atoms with Crippen molar-refractivity contribution >= 4 is 12.6 Å². The van der Waals surface area contributed by atoms with Crippen LogP contribution in [0.5, 0.6) is 11.5 Å². The Bertz CT molecular complexity index is 454. The minimum atomic E-state index is -4.95. The van der Waals surface area contributed by atoms with Crippen LogP contribution < -0.4 is 9.47 Å². The molecule has 0 atom stereocenters. The molecule has 1 aromatic rings. The van der Waals surface area contributed by atoms with E-state index in [1.165, 1.54) is 0 Å². The average molecular weight is 262 g/mol. The first-order valence-corrected chi connectivity index (χ1v) is 4.88. The van der Waals surface area contributed by atoms with Crippen molar-refractivity contribution in [1.29, 1.82) is 0 Å². The van der Waals surface area contributed by atoms with Gasteiger partial charge in [-0.25, -0.2) is 0 Å².